The molecule has 0 bridgehead atoms. The SMILES string of the molecule is OC1CCN(CCC2=C(Cc3cnccn3)c3ccccc3C2)C1. The smallest absolute Gasteiger partial charge is 0.0679 e. The van der Waals surface area contributed by atoms with E-state index < -0.39 is 0 Å². The molecule has 4 rings (SSSR count). The lowest BCUT2D eigenvalue weighted by atomic mass is 9.99. The van der Waals surface area contributed by atoms with Crippen molar-refractivity contribution in [3.63, 3.8) is 0 Å². The summed E-state index contributed by atoms with van der Waals surface area (Å²) in [5, 5.41) is 9.71. The molecule has 1 unspecified atom stereocenters. The van der Waals surface area contributed by atoms with Crippen molar-refractivity contribution in [3.8, 4) is 0 Å². The third-order valence-corrected chi connectivity index (χ3v) is 5.12. The number of benzene rings is 1. The number of fused-ring (bicyclic) bond motifs is 1. The summed E-state index contributed by atoms with van der Waals surface area (Å²) in [6, 6.07) is 8.71. The molecule has 2 aromatic rings. The van der Waals surface area contributed by atoms with Gasteiger partial charge in [-0.2, -0.15) is 0 Å². The molecule has 2 heterocycles. The fourth-order valence-corrected chi connectivity index (χ4v) is 3.87. The van der Waals surface area contributed by atoms with E-state index >= 15 is 0 Å². The zero-order valence-corrected chi connectivity index (χ0v) is 13.9. The monoisotopic (exact) mass is 321 g/mol. The van der Waals surface area contributed by atoms with Gasteiger partial charge >= 0.3 is 0 Å². The first kappa shape index (κ1) is 15.5. The van der Waals surface area contributed by atoms with E-state index in [-0.39, 0.29) is 6.10 Å². The van der Waals surface area contributed by atoms with Gasteiger partial charge in [-0.1, -0.05) is 29.8 Å². The van der Waals surface area contributed by atoms with Crippen molar-refractivity contribution in [1.82, 2.24) is 14.9 Å². The highest BCUT2D eigenvalue weighted by Gasteiger charge is 2.24. The van der Waals surface area contributed by atoms with Gasteiger partial charge < -0.3 is 10.0 Å². The van der Waals surface area contributed by atoms with Crippen molar-refractivity contribution in [2.24, 2.45) is 0 Å². The van der Waals surface area contributed by atoms with Gasteiger partial charge in [0.1, 0.15) is 0 Å². The lowest BCUT2D eigenvalue weighted by molar-refractivity contribution is 0.177. The molecule has 1 aromatic heterocycles. The Morgan fingerprint density at radius 2 is 2.12 bits per heavy atom. The van der Waals surface area contributed by atoms with Gasteiger partial charge in [0.15, 0.2) is 0 Å². The maximum absolute atomic E-state index is 9.71. The van der Waals surface area contributed by atoms with E-state index in [1.54, 1.807) is 12.4 Å². The molecule has 0 amide bonds. The van der Waals surface area contributed by atoms with E-state index in [9.17, 15) is 5.11 Å². The van der Waals surface area contributed by atoms with Crippen LogP contribution in [0.3, 0.4) is 0 Å². The zero-order valence-electron chi connectivity index (χ0n) is 13.9. The van der Waals surface area contributed by atoms with Crippen molar-refractivity contribution in [3.05, 3.63) is 65.2 Å². The molecule has 4 heteroatoms. The molecule has 1 aliphatic heterocycles. The minimum Gasteiger partial charge on any atom is -0.392 e. The molecule has 1 fully saturated rings. The number of allylic oxidation sites excluding steroid dienone is 1. The third-order valence-electron chi connectivity index (χ3n) is 5.12. The largest absolute Gasteiger partial charge is 0.392 e. The van der Waals surface area contributed by atoms with E-state index in [2.05, 4.69) is 39.1 Å². The molecule has 0 spiro atoms. The van der Waals surface area contributed by atoms with Crippen LogP contribution in [0.4, 0.5) is 0 Å². The van der Waals surface area contributed by atoms with Crippen molar-refractivity contribution in [2.75, 3.05) is 19.6 Å². The van der Waals surface area contributed by atoms with Crippen LogP contribution in [0.25, 0.3) is 5.57 Å². The molecule has 1 N–H and O–H groups in total. The van der Waals surface area contributed by atoms with E-state index in [1.807, 2.05) is 6.20 Å². The Hall–Kier alpha value is -2.04. The summed E-state index contributed by atoms with van der Waals surface area (Å²) in [6.07, 6.45) is 9.08. The molecule has 1 aromatic carbocycles. The first-order valence-electron chi connectivity index (χ1n) is 8.74. The summed E-state index contributed by atoms with van der Waals surface area (Å²) in [5.74, 6) is 0. The Labute approximate surface area is 142 Å². The third kappa shape index (κ3) is 3.25. The van der Waals surface area contributed by atoms with Gasteiger partial charge in [0.05, 0.1) is 11.8 Å². The van der Waals surface area contributed by atoms with Crippen LogP contribution in [0.2, 0.25) is 0 Å². The van der Waals surface area contributed by atoms with Gasteiger partial charge in [-0.3, -0.25) is 9.97 Å². The molecular formula is C20H23N3O. The number of hydrogen-bond donors (Lipinski definition) is 1. The Balaban J connectivity index is 1.55. The van der Waals surface area contributed by atoms with Crippen molar-refractivity contribution < 1.29 is 5.11 Å². The van der Waals surface area contributed by atoms with Crippen LogP contribution in [0, 0.1) is 0 Å². The minimum atomic E-state index is -0.140. The van der Waals surface area contributed by atoms with Gasteiger partial charge in [-0.05, 0) is 36.0 Å². The second kappa shape index (κ2) is 6.83. The maximum atomic E-state index is 9.71. The highest BCUT2D eigenvalue weighted by Crippen LogP contribution is 2.36. The first-order chi connectivity index (χ1) is 11.8. The fraction of sp³-hybridized carbons (Fsp3) is 0.400. The van der Waals surface area contributed by atoms with Crippen molar-refractivity contribution in [1.29, 1.82) is 0 Å². The van der Waals surface area contributed by atoms with Crippen molar-refractivity contribution >= 4 is 5.57 Å². The lowest BCUT2D eigenvalue weighted by Crippen LogP contribution is -2.23. The number of aliphatic hydroxyl groups is 1. The molecule has 1 aliphatic carbocycles. The molecule has 24 heavy (non-hydrogen) atoms. The number of likely N-dealkylation sites (tertiary alicyclic amines) is 1. The molecular weight excluding hydrogens is 298 g/mol. The summed E-state index contributed by atoms with van der Waals surface area (Å²) in [5.41, 5.74) is 6.76. The second-order valence-corrected chi connectivity index (χ2v) is 6.78. The van der Waals surface area contributed by atoms with Gasteiger partial charge in [0.25, 0.3) is 0 Å². The van der Waals surface area contributed by atoms with Gasteiger partial charge in [0.2, 0.25) is 0 Å². The molecule has 0 saturated carbocycles. The van der Waals surface area contributed by atoms with Gasteiger partial charge in [-0.15, -0.1) is 0 Å². The van der Waals surface area contributed by atoms with E-state index in [0.717, 1.165) is 51.0 Å². The highest BCUT2D eigenvalue weighted by atomic mass is 16.3. The fourth-order valence-electron chi connectivity index (χ4n) is 3.87. The summed E-state index contributed by atoms with van der Waals surface area (Å²) in [7, 11) is 0. The van der Waals surface area contributed by atoms with E-state index in [1.165, 1.54) is 22.3 Å². The van der Waals surface area contributed by atoms with Crippen LogP contribution in [0.15, 0.2) is 48.4 Å². The standard InChI is InChI=1S/C20H23N3O/c24-18-6-10-23(14-18)9-5-16-11-15-3-1-2-4-19(15)20(16)12-17-13-21-7-8-22-17/h1-4,7-8,13,18,24H,5-6,9-12,14H2. The Bertz CT molecular complexity index is 742. The summed E-state index contributed by atoms with van der Waals surface area (Å²) in [6.45, 7) is 2.87. The highest BCUT2D eigenvalue weighted by molar-refractivity contribution is 5.77. The van der Waals surface area contributed by atoms with E-state index in [0.29, 0.717) is 0 Å². The normalized spacial score (nSPS) is 20.6. The molecule has 2 aliphatic rings. The topological polar surface area (TPSA) is 49.2 Å². The summed E-state index contributed by atoms with van der Waals surface area (Å²) in [4.78, 5) is 11.0. The Morgan fingerprint density at radius 1 is 1.21 bits per heavy atom. The van der Waals surface area contributed by atoms with Crippen LogP contribution >= 0.6 is 0 Å². The van der Waals surface area contributed by atoms with Crippen LogP contribution in [-0.4, -0.2) is 45.7 Å². The summed E-state index contributed by atoms with van der Waals surface area (Å²) < 4.78 is 0. The van der Waals surface area contributed by atoms with Crippen LogP contribution < -0.4 is 0 Å². The molecule has 0 radical (unpaired) electrons. The number of β-amino-alcohol motifs (C(OH)–C–C–N with tert-alkyl or cyclic N) is 1. The number of rotatable bonds is 5. The molecule has 1 atom stereocenters. The number of aromatic nitrogens is 2. The van der Waals surface area contributed by atoms with Crippen LogP contribution in [0.5, 0.6) is 0 Å². The summed E-state index contributed by atoms with van der Waals surface area (Å²) >= 11 is 0. The number of aliphatic hydroxyl groups excluding tert-OH is 1. The van der Waals surface area contributed by atoms with Crippen molar-refractivity contribution in [2.45, 2.75) is 31.8 Å². The van der Waals surface area contributed by atoms with E-state index in [4.69, 9.17) is 0 Å². The zero-order chi connectivity index (χ0) is 16.4. The average molecular weight is 321 g/mol. The Kier molecular flexibility index (Phi) is 4.41. The van der Waals surface area contributed by atoms with Gasteiger partial charge in [-0.25, -0.2) is 0 Å². The quantitative estimate of drug-likeness (QED) is 0.919. The number of hydrogen-bond acceptors (Lipinski definition) is 4. The van der Waals surface area contributed by atoms with Crippen LogP contribution in [0.1, 0.15) is 29.7 Å². The minimum absolute atomic E-state index is 0.140. The second-order valence-electron chi connectivity index (χ2n) is 6.78. The predicted octanol–water partition coefficient (Wildman–Crippen LogP) is 2.49. The molecule has 124 valence electrons. The molecule has 4 nitrogen and oxygen atoms in total. The number of nitrogens with zero attached hydrogens (tertiary/aromatic N) is 3. The Morgan fingerprint density at radius 3 is 2.92 bits per heavy atom. The maximum Gasteiger partial charge on any atom is 0.0679 e. The predicted molar refractivity (Wildman–Crippen MR) is 94.5 cm³/mol. The van der Waals surface area contributed by atoms with Crippen LogP contribution in [-0.2, 0) is 12.8 Å². The van der Waals surface area contributed by atoms with Gasteiger partial charge in [0, 0.05) is 44.6 Å². The molecule has 1 saturated heterocycles. The average Bonchev–Trinajstić information content (AvgIpc) is 3.18. The lowest BCUT2D eigenvalue weighted by Gasteiger charge is -2.16. The first-order valence-corrected chi connectivity index (χ1v) is 8.74.